The summed E-state index contributed by atoms with van der Waals surface area (Å²) in [4.78, 5) is 17.0. The Balaban J connectivity index is 1.38. The lowest BCUT2D eigenvalue weighted by atomic mass is 9.71. The minimum atomic E-state index is -1.88. The van der Waals surface area contributed by atoms with Crippen molar-refractivity contribution in [2.24, 2.45) is 28.8 Å². The first-order valence-electron chi connectivity index (χ1n) is 19.8. The van der Waals surface area contributed by atoms with E-state index in [0.29, 0.717) is 42.7 Å². The lowest BCUT2D eigenvalue weighted by Crippen LogP contribution is -2.59. The van der Waals surface area contributed by atoms with E-state index in [0.717, 1.165) is 18.4 Å². The van der Waals surface area contributed by atoms with E-state index in [1.165, 1.54) is 0 Å². The normalized spacial score (nSPS) is 48.2. The van der Waals surface area contributed by atoms with Crippen LogP contribution in [0.25, 0.3) is 10.4 Å². The molecule has 6 aliphatic rings. The van der Waals surface area contributed by atoms with E-state index in [1.807, 2.05) is 26.0 Å². The Labute approximate surface area is 322 Å². The molecule has 17 atom stereocenters. The number of rotatable bonds is 6. The third-order valence-electron chi connectivity index (χ3n) is 12.7. The summed E-state index contributed by atoms with van der Waals surface area (Å²) >= 11 is 0. The summed E-state index contributed by atoms with van der Waals surface area (Å²) < 4.78 is 38.3. The van der Waals surface area contributed by atoms with Crippen LogP contribution in [0.2, 0.25) is 0 Å². The van der Waals surface area contributed by atoms with Gasteiger partial charge in [0.1, 0.15) is 48.1 Å². The molecule has 5 aliphatic heterocycles. The Morgan fingerprint density at radius 3 is 2.58 bits per heavy atom. The van der Waals surface area contributed by atoms with Crippen LogP contribution < -0.4 is 0 Å². The average Bonchev–Trinajstić information content (AvgIpc) is 3.50. The molecule has 0 radical (unpaired) electrons. The minimum Gasteiger partial charge on any atom is -0.462 e. The molecule has 0 aromatic rings. The van der Waals surface area contributed by atoms with Gasteiger partial charge in [-0.25, -0.2) is 0 Å². The van der Waals surface area contributed by atoms with Crippen LogP contribution in [-0.4, -0.2) is 123 Å². The van der Waals surface area contributed by atoms with Gasteiger partial charge in [0, 0.05) is 30.1 Å². The van der Waals surface area contributed by atoms with Crippen LogP contribution >= 0.6 is 0 Å². The predicted octanol–water partition coefficient (Wildman–Crippen LogP) is 3.67. The van der Waals surface area contributed by atoms with Crippen LogP contribution in [0.1, 0.15) is 80.1 Å². The number of carbonyl (C=O) groups excluding carboxylic acids is 1. The van der Waals surface area contributed by atoms with E-state index in [9.17, 15) is 30.3 Å². The van der Waals surface area contributed by atoms with Gasteiger partial charge < -0.3 is 54.0 Å². The molecule has 306 valence electrons. The van der Waals surface area contributed by atoms with Crippen LogP contribution in [0.4, 0.5) is 0 Å². The number of ether oxygens (including phenoxy) is 6. The summed E-state index contributed by atoms with van der Waals surface area (Å²) in [6.45, 7) is 11.7. The number of aliphatic hydroxyl groups excluding tert-OH is 4. The molecule has 0 aromatic carbocycles. The predicted molar refractivity (Wildman–Crippen MR) is 198 cm³/mol. The SMILES string of the molecule is CC[C@H](C)[C@H]1O[C@]2(CC[C@@H]1C)C[C@@H]1C[C@@H](C/C=C(\C)[C@@H](O[C@@H]3O[C@H](CN=[N+]=[N-])[C@@H](O)[C@H](O)[C@H]3O)[C@@H](C)/C=C/C=C3\CO[C@@H]4[C@H](O)C(C)=C[C@@H](C(=O)O1)[C@]34O)O2. The van der Waals surface area contributed by atoms with Crippen LogP contribution in [0.3, 0.4) is 0 Å². The second kappa shape index (κ2) is 17.1. The van der Waals surface area contributed by atoms with E-state index >= 15 is 0 Å². The summed E-state index contributed by atoms with van der Waals surface area (Å²) in [6, 6.07) is 0. The highest BCUT2D eigenvalue weighted by Crippen LogP contribution is 2.48. The molecular formula is C40H59N3O12. The summed E-state index contributed by atoms with van der Waals surface area (Å²) in [6.07, 6.45) is 0.994. The van der Waals surface area contributed by atoms with Crippen LogP contribution in [-0.2, 0) is 33.2 Å². The first-order valence-corrected chi connectivity index (χ1v) is 19.8. The van der Waals surface area contributed by atoms with Gasteiger partial charge in [-0.15, -0.1) is 0 Å². The molecule has 1 aliphatic carbocycles. The summed E-state index contributed by atoms with van der Waals surface area (Å²) in [5.41, 5.74) is 8.63. The molecule has 0 aromatic heterocycles. The number of nitrogens with zero attached hydrogens (tertiary/aromatic N) is 3. The van der Waals surface area contributed by atoms with Crippen molar-refractivity contribution in [3.05, 3.63) is 57.5 Å². The monoisotopic (exact) mass is 773 g/mol. The smallest absolute Gasteiger partial charge is 0.316 e. The number of allylic oxidation sites excluding steroid dienone is 2. The largest absolute Gasteiger partial charge is 0.462 e. The van der Waals surface area contributed by atoms with E-state index in [1.54, 1.807) is 25.2 Å². The van der Waals surface area contributed by atoms with Crippen molar-refractivity contribution < 1.29 is 58.7 Å². The Morgan fingerprint density at radius 2 is 1.85 bits per heavy atom. The molecule has 0 amide bonds. The van der Waals surface area contributed by atoms with Crippen molar-refractivity contribution in [1.82, 2.24) is 0 Å². The van der Waals surface area contributed by atoms with Crippen molar-refractivity contribution in [3.8, 4) is 0 Å². The van der Waals surface area contributed by atoms with E-state index in [-0.39, 0.29) is 25.2 Å². The van der Waals surface area contributed by atoms with Gasteiger partial charge in [-0.3, -0.25) is 4.79 Å². The number of hydrogen-bond donors (Lipinski definition) is 5. The number of hydrogen-bond acceptors (Lipinski definition) is 13. The van der Waals surface area contributed by atoms with Gasteiger partial charge in [-0.05, 0) is 60.8 Å². The van der Waals surface area contributed by atoms with Crippen molar-refractivity contribution in [2.45, 2.75) is 159 Å². The number of carbonyl (C=O) groups is 1. The van der Waals surface area contributed by atoms with Crippen molar-refractivity contribution in [1.29, 1.82) is 0 Å². The van der Waals surface area contributed by atoms with E-state index in [4.69, 9.17) is 34.0 Å². The topological polar surface area (TPSA) is 222 Å². The lowest BCUT2D eigenvalue weighted by molar-refractivity contribution is -0.340. The second-order valence-corrected chi connectivity index (χ2v) is 16.6. The molecule has 2 bridgehead atoms. The van der Waals surface area contributed by atoms with Gasteiger partial charge in [0.2, 0.25) is 0 Å². The molecule has 6 rings (SSSR count). The number of fused-ring (bicyclic) bond motifs is 2. The first kappa shape index (κ1) is 42.0. The van der Waals surface area contributed by atoms with E-state index < -0.39 is 90.4 Å². The van der Waals surface area contributed by atoms with Crippen molar-refractivity contribution in [2.75, 3.05) is 13.2 Å². The molecule has 15 heteroatoms. The van der Waals surface area contributed by atoms with Crippen LogP contribution in [0.15, 0.2) is 52.2 Å². The highest BCUT2D eigenvalue weighted by molar-refractivity contribution is 5.78. The zero-order valence-corrected chi connectivity index (χ0v) is 32.6. The summed E-state index contributed by atoms with van der Waals surface area (Å²) in [7, 11) is 0. The summed E-state index contributed by atoms with van der Waals surface area (Å²) in [5, 5.41) is 59.1. The highest BCUT2D eigenvalue weighted by Gasteiger charge is 2.60. The average molecular weight is 774 g/mol. The zero-order chi connectivity index (χ0) is 39.8. The molecule has 55 heavy (non-hydrogen) atoms. The van der Waals surface area contributed by atoms with Crippen LogP contribution in [0, 0.1) is 23.7 Å². The maximum atomic E-state index is 14.2. The maximum Gasteiger partial charge on any atom is 0.316 e. The Kier molecular flexibility index (Phi) is 13.0. The van der Waals surface area contributed by atoms with Crippen LogP contribution in [0.5, 0.6) is 0 Å². The Hall–Kier alpha value is -2.66. The molecule has 0 saturated carbocycles. The van der Waals surface area contributed by atoms with E-state index in [2.05, 4.69) is 30.8 Å². The van der Waals surface area contributed by atoms with Gasteiger partial charge >= 0.3 is 5.97 Å². The Morgan fingerprint density at radius 1 is 1.09 bits per heavy atom. The fourth-order valence-electron chi connectivity index (χ4n) is 9.21. The molecule has 5 N–H and O–H groups in total. The quantitative estimate of drug-likeness (QED) is 0.0858. The fraction of sp³-hybridized carbons (Fsp3) is 0.775. The number of esters is 1. The third kappa shape index (κ3) is 8.35. The van der Waals surface area contributed by atoms with Gasteiger partial charge in [-0.2, -0.15) is 0 Å². The Bertz CT molecular complexity index is 1580. The summed E-state index contributed by atoms with van der Waals surface area (Å²) in [5.74, 6) is -2.55. The maximum absolute atomic E-state index is 14.2. The van der Waals surface area contributed by atoms with Gasteiger partial charge in [0.05, 0.1) is 37.6 Å². The highest BCUT2D eigenvalue weighted by atomic mass is 16.7. The molecule has 0 unspecified atom stereocenters. The van der Waals surface area contributed by atoms with Gasteiger partial charge in [0.15, 0.2) is 12.1 Å². The van der Waals surface area contributed by atoms with Gasteiger partial charge in [-0.1, -0.05) is 69.6 Å². The minimum absolute atomic E-state index is 0.0267. The molecule has 4 fully saturated rings. The first-order chi connectivity index (χ1) is 26.1. The number of azide groups is 1. The van der Waals surface area contributed by atoms with Crippen molar-refractivity contribution in [3.63, 3.8) is 0 Å². The van der Waals surface area contributed by atoms with Gasteiger partial charge in [0.25, 0.3) is 0 Å². The molecule has 4 saturated heterocycles. The number of aliphatic hydroxyl groups is 5. The molecule has 15 nitrogen and oxygen atoms in total. The van der Waals surface area contributed by atoms with Crippen molar-refractivity contribution >= 4 is 5.97 Å². The lowest BCUT2D eigenvalue weighted by Gasteiger charge is -2.51. The molecule has 5 heterocycles. The third-order valence-corrected chi connectivity index (χ3v) is 12.7. The molecule has 1 spiro atoms. The standard InChI is InChI=1S/C40H59N3O12/c1-7-20(2)35-23(5)13-14-39(55-35)17-27-16-26(54-39)12-11-22(4)34(53-38-33(47)32(46)31(45)29(52-38)18-42-43-41)21(3)9-8-10-25-19-50-36-30(44)24(6)15-28(37(48)51-27)40(25,36)49/h8-11,15,20-21,23,26-36,38,44-47,49H,7,12-14,16-19H2,1-6H3/b9-8+,22-11+,25-10+/t20-,21-,23-,26+,27-,28-,29+,30+,31+,32-,33+,34-,35+,36+,38-,39+,40+/m0/s1. The zero-order valence-electron chi connectivity index (χ0n) is 32.6. The molecular weight excluding hydrogens is 714 g/mol. The fourth-order valence-corrected chi connectivity index (χ4v) is 9.21. The second-order valence-electron chi connectivity index (χ2n) is 16.6.